The van der Waals surface area contributed by atoms with Gasteiger partial charge in [0.2, 0.25) is 0 Å². The highest BCUT2D eigenvalue weighted by Crippen LogP contribution is 2.21. The van der Waals surface area contributed by atoms with E-state index in [-0.39, 0.29) is 19.0 Å². The molecule has 1 aliphatic rings. The summed E-state index contributed by atoms with van der Waals surface area (Å²) in [7, 11) is 0. The maximum Gasteiger partial charge on any atom is 0.316 e. The van der Waals surface area contributed by atoms with Crippen molar-refractivity contribution >= 4 is 11.8 Å². The number of ether oxygens (including phenoxy) is 1. The van der Waals surface area contributed by atoms with Crippen molar-refractivity contribution in [2.24, 2.45) is 5.92 Å². The van der Waals surface area contributed by atoms with Crippen molar-refractivity contribution in [2.45, 2.75) is 25.7 Å². The molecule has 0 aliphatic heterocycles. The van der Waals surface area contributed by atoms with E-state index in [2.05, 4.69) is 0 Å². The SMILES string of the molecule is O=C1CCCCC1C(=O)OCCO. The quantitative estimate of drug-likeness (QED) is 0.508. The molecule has 0 spiro atoms. The van der Waals surface area contributed by atoms with E-state index in [1.54, 1.807) is 0 Å². The second kappa shape index (κ2) is 4.97. The minimum absolute atomic E-state index is 0.0113. The Balaban J connectivity index is 2.39. The molecule has 0 saturated heterocycles. The zero-order valence-corrected chi connectivity index (χ0v) is 7.49. The van der Waals surface area contributed by atoms with Crippen LogP contribution in [0, 0.1) is 5.92 Å². The van der Waals surface area contributed by atoms with Gasteiger partial charge in [0.05, 0.1) is 6.61 Å². The van der Waals surface area contributed by atoms with Gasteiger partial charge in [-0.1, -0.05) is 6.42 Å². The molecule has 0 aromatic rings. The monoisotopic (exact) mass is 186 g/mol. The fourth-order valence-electron chi connectivity index (χ4n) is 1.48. The van der Waals surface area contributed by atoms with Crippen molar-refractivity contribution in [2.75, 3.05) is 13.2 Å². The molecule has 0 aromatic heterocycles. The lowest BCUT2D eigenvalue weighted by atomic mass is 9.88. The Morgan fingerprint density at radius 1 is 1.54 bits per heavy atom. The van der Waals surface area contributed by atoms with Crippen LogP contribution in [-0.2, 0) is 14.3 Å². The number of hydrogen-bond acceptors (Lipinski definition) is 4. The molecule has 0 heterocycles. The number of hydrogen-bond donors (Lipinski definition) is 1. The largest absolute Gasteiger partial charge is 0.463 e. The standard InChI is InChI=1S/C9H14O4/c10-5-6-13-9(12)7-3-1-2-4-8(7)11/h7,10H,1-6H2. The number of carbonyl (C=O) groups is 2. The lowest BCUT2D eigenvalue weighted by molar-refractivity contribution is -0.154. The van der Waals surface area contributed by atoms with E-state index < -0.39 is 11.9 Å². The van der Waals surface area contributed by atoms with Gasteiger partial charge in [-0.15, -0.1) is 0 Å². The first-order chi connectivity index (χ1) is 6.25. The average Bonchev–Trinajstić information content (AvgIpc) is 2.15. The Labute approximate surface area is 76.9 Å². The van der Waals surface area contributed by atoms with Gasteiger partial charge >= 0.3 is 5.97 Å². The summed E-state index contributed by atoms with van der Waals surface area (Å²) in [5.74, 6) is -1.06. The Bertz CT molecular complexity index is 200. The van der Waals surface area contributed by atoms with E-state index in [1.165, 1.54) is 0 Å². The number of esters is 1. The molecule has 1 saturated carbocycles. The number of aliphatic hydroxyl groups excluding tert-OH is 1. The molecule has 74 valence electrons. The molecule has 1 aliphatic carbocycles. The molecule has 0 aromatic carbocycles. The van der Waals surface area contributed by atoms with E-state index >= 15 is 0 Å². The first-order valence-electron chi connectivity index (χ1n) is 4.56. The molecule has 0 radical (unpaired) electrons. The van der Waals surface area contributed by atoms with Gasteiger partial charge in [-0.3, -0.25) is 9.59 Å². The second-order valence-corrected chi connectivity index (χ2v) is 3.16. The first kappa shape index (κ1) is 10.2. The summed E-state index contributed by atoms with van der Waals surface area (Å²) in [6, 6.07) is 0. The van der Waals surface area contributed by atoms with Crippen LogP contribution in [0.5, 0.6) is 0 Å². The molecular weight excluding hydrogens is 172 g/mol. The van der Waals surface area contributed by atoms with Crippen LogP contribution >= 0.6 is 0 Å². The van der Waals surface area contributed by atoms with Crippen molar-refractivity contribution in [1.82, 2.24) is 0 Å². The third-order valence-corrected chi connectivity index (χ3v) is 2.17. The van der Waals surface area contributed by atoms with Crippen molar-refractivity contribution in [1.29, 1.82) is 0 Å². The number of aliphatic hydroxyl groups is 1. The Morgan fingerprint density at radius 3 is 2.92 bits per heavy atom. The Hall–Kier alpha value is -0.900. The number of Topliss-reactive ketones (excluding diaryl/α,β-unsaturated/α-hetero) is 1. The minimum atomic E-state index is -0.569. The van der Waals surface area contributed by atoms with Crippen molar-refractivity contribution in [3.05, 3.63) is 0 Å². The third-order valence-electron chi connectivity index (χ3n) is 2.17. The smallest absolute Gasteiger partial charge is 0.316 e. The number of ketones is 1. The second-order valence-electron chi connectivity index (χ2n) is 3.16. The average molecular weight is 186 g/mol. The minimum Gasteiger partial charge on any atom is -0.463 e. The molecule has 4 nitrogen and oxygen atoms in total. The predicted molar refractivity (Wildman–Crippen MR) is 45.0 cm³/mol. The molecule has 1 N–H and O–H groups in total. The van der Waals surface area contributed by atoms with Crippen molar-refractivity contribution in [3.8, 4) is 0 Å². The first-order valence-corrected chi connectivity index (χ1v) is 4.56. The summed E-state index contributed by atoms with van der Waals surface area (Å²) in [5.41, 5.74) is 0. The zero-order valence-electron chi connectivity index (χ0n) is 7.49. The number of rotatable bonds is 3. The van der Waals surface area contributed by atoms with Crippen LogP contribution in [-0.4, -0.2) is 30.1 Å². The fraction of sp³-hybridized carbons (Fsp3) is 0.778. The zero-order chi connectivity index (χ0) is 9.68. The van der Waals surface area contributed by atoms with E-state index in [9.17, 15) is 9.59 Å². The van der Waals surface area contributed by atoms with Gasteiger partial charge in [0, 0.05) is 6.42 Å². The molecule has 1 rings (SSSR count). The fourth-order valence-corrected chi connectivity index (χ4v) is 1.48. The van der Waals surface area contributed by atoms with Crippen LogP contribution in [0.25, 0.3) is 0 Å². The topological polar surface area (TPSA) is 63.6 Å². The van der Waals surface area contributed by atoms with Gasteiger partial charge in [-0.2, -0.15) is 0 Å². The Morgan fingerprint density at radius 2 is 2.31 bits per heavy atom. The van der Waals surface area contributed by atoms with Crippen LogP contribution in [0.2, 0.25) is 0 Å². The van der Waals surface area contributed by atoms with E-state index in [1.807, 2.05) is 0 Å². The van der Waals surface area contributed by atoms with Crippen LogP contribution in [0.4, 0.5) is 0 Å². The lowest BCUT2D eigenvalue weighted by Gasteiger charge is -2.18. The molecule has 1 unspecified atom stereocenters. The highest BCUT2D eigenvalue weighted by molar-refractivity contribution is 5.99. The van der Waals surface area contributed by atoms with Crippen LogP contribution in [0.15, 0.2) is 0 Å². The highest BCUT2D eigenvalue weighted by Gasteiger charge is 2.29. The summed E-state index contributed by atoms with van der Waals surface area (Å²) in [6.07, 6.45) is 2.87. The molecule has 13 heavy (non-hydrogen) atoms. The maximum absolute atomic E-state index is 11.2. The highest BCUT2D eigenvalue weighted by atomic mass is 16.5. The van der Waals surface area contributed by atoms with E-state index in [0.717, 1.165) is 12.8 Å². The predicted octanol–water partition coefficient (Wildman–Crippen LogP) is 0.281. The summed E-state index contributed by atoms with van der Waals surface area (Å²) >= 11 is 0. The Kier molecular flexibility index (Phi) is 3.89. The molecule has 0 amide bonds. The molecular formula is C9H14O4. The van der Waals surface area contributed by atoms with Gasteiger partial charge in [0.1, 0.15) is 18.3 Å². The summed E-state index contributed by atoms with van der Waals surface area (Å²) in [6.45, 7) is -0.199. The molecule has 1 atom stereocenters. The van der Waals surface area contributed by atoms with Gasteiger partial charge < -0.3 is 9.84 Å². The molecule has 1 fully saturated rings. The third kappa shape index (κ3) is 2.81. The van der Waals surface area contributed by atoms with E-state index in [0.29, 0.717) is 12.8 Å². The van der Waals surface area contributed by atoms with Crippen LogP contribution in [0.1, 0.15) is 25.7 Å². The van der Waals surface area contributed by atoms with Crippen molar-refractivity contribution < 1.29 is 19.4 Å². The van der Waals surface area contributed by atoms with Crippen LogP contribution < -0.4 is 0 Å². The van der Waals surface area contributed by atoms with Gasteiger partial charge in [0.15, 0.2) is 0 Å². The van der Waals surface area contributed by atoms with Crippen molar-refractivity contribution in [3.63, 3.8) is 0 Å². The summed E-state index contributed by atoms with van der Waals surface area (Å²) in [5, 5.41) is 8.42. The molecule has 4 heteroatoms. The summed E-state index contributed by atoms with van der Waals surface area (Å²) in [4.78, 5) is 22.4. The van der Waals surface area contributed by atoms with Crippen LogP contribution in [0.3, 0.4) is 0 Å². The van der Waals surface area contributed by atoms with Gasteiger partial charge in [-0.25, -0.2) is 0 Å². The normalized spacial score (nSPS) is 22.8. The lowest BCUT2D eigenvalue weighted by Crippen LogP contribution is -2.29. The maximum atomic E-state index is 11.2. The van der Waals surface area contributed by atoms with Gasteiger partial charge in [0.25, 0.3) is 0 Å². The molecule has 0 bridgehead atoms. The summed E-state index contributed by atoms with van der Waals surface area (Å²) < 4.78 is 4.69. The van der Waals surface area contributed by atoms with E-state index in [4.69, 9.17) is 9.84 Å². The van der Waals surface area contributed by atoms with Gasteiger partial charge in [-0.05, 0) is 12.8 Å². The number of carbonyl (C=O) groups excluding carboxylic acids is 2.